The lowest BCUT2D eigenvalue weighted by Crippen LogP contribution is -2.23. The molecule has 0 N–H and O–H groups in total. The molecule has 1 amide bonds. The molecule has 0 unspecified atom stereocenters. The van der Waals surface area contributed by atoms with E-state index >= 15 is 0 Å². The Morgan fingerprint density at radius 2 is 1.67 bits per heavy atom. The lowest BCUT2D eigenvalue weighted by Gasteiger charge is -2.07. The maximum atomic E-state index is 12.7. The zero-order valence-corrected chi connectivity index (χ0v) is 17.9. The van der Waals surface area contributed by atoms with Crippen molar-refractivity contribution in [2.75, 3.05) is 14.2 Å². The molecule has 0 bridgehead atoms. The highest BCUT2D eigenvalue weighted by atomic mass is 32.2. The van der Waals surface area contributed by atoms with E-state index in [2.05, 4.69) is 17.1 Å². The van der Waals surface area contributed by atoms with E-state index in [4.69, 9.17) is 4.74 Å². The minimum atomic E-state index is -0.0438. The van der Waals surface area contributed by atoms with Gasteiger partial charge in [-0.25, -0.2) is 4.99 Å². The summed E-state index contributed by atoms with van der Waals surface area (Å²) in [5, 5.41) is 0.680. The summed E-state index contributed by atoms with van der Waals surface area (Å²) < 4.78 is 5.33. The Hall–Kier alpha value is -3.31. The van der Waals surface area contributed by atoms with E-state index in [1.54, 1.807) is 19.1 Å². The van der Waals surface area contributed by atoms with Gasteiger partial charge < -0.3 is 4.74 Å². The number of ether oxygens (including phenoxy) is 1. The van der Waals surface area contributed by atoms with E-state index in [0.717, 1.165) is 28.1 Å². The smallest absolute Gasteiger partial charge is 0.266 e. The van der Waals surface area contributed by atoms with Gasteiger partial charge in [-0.2, -0.15) is 0 Å². The zero-order chi connectivity index (χ0) is 21.1. The van der Waals surface area contributed by atoms with E-state index < -0.39 is 0 Å². The Morgan fingerprint density at radius 1 is 0.967 bits per heavy atom. The van der Waals surface area contributed by atoms with Crippen molar-refractivity contribution in [1.82, 2.24) is 4.90 Å². The normalized spacial score (nSPS) is 16.5. The van der Waals surface area contributed by atoms with Gasteiger partial charge in [0.15, 0.2) is 5.17 Å². The van der Waals surface area contributed by atoms with Crippen molar-refractivity contribution < 1.29 is 9.53 Å². The SMILES string of the molecule is COc1cccc(-c2cccc(/C=C3\SC(=Nc4ccc(C)cc4)N(C)C3=O)c2)c1. The quantitative estimate of drug-likeness (QED) is 0.499. The second-order valence-electron chi connectivity index (χ2n) is 7.06. The molecule has 4 nitrogen and oxygen atoms in total. The number of carbonyl (C=O) groups excluding carboxylic acids is 1. The molecule has 0 radical (unpaired) electrons. The number of amides is 1. The lowest BCUT2D eigenvalue weighted by atomic mass is 10.0. The van der Waals surface area contributed by atoms with Crippen molar-refractivity contribution >= 4 is 34.6 Å². The van der Waals surface area contributed by atoms with Gasteiger partial charge in [-0.05, 0) is 71.8 Å². The van der Waals surface area contributed by atoms with Gasteiger partial charge in [0, 0.05) is 7.05 Å². The number of carbonyl (C=O) groups is 1. The van der Waals surface area contributed by atoms with Crippen LogP contribution in [0.1, 0.15) is 11.1 Å². The molecule has 0 aliphatic carbocycles. The molecule has 0 atom stereocenters. The molecule has 0 saturated carbocycles. The number of likely N-dealkylation sites (N-methyl/N-ethyl adjacent to an activating group) is 1. The molecule has 1 heterocycles. The van der Waals surface area contributed by atoms with Crippen LogP contribution in [0, 0.1) is 6.92 Å². The Morgan fingerprint density at radius 3 is 2.40 bits per heavy atom. The molecular weight excluding hydrogens is 392 g/mol. The van der Waals surface area contributed by atoms with Crippen LogP contribution in [0.5, 0.6) is 5.75 Å². The number of amidine groups is 1. The summed E-state index contributed by atoms with van der Waals surface area (Å²) >= 11 is 1.40. The molecule has 3 aromatic rings. The fraction of sp³-hybridized carbons (Fsp3) is 0.120. The van der Waals surface area contributed by atoms with Gasteiger partial charge in [-0.1, -0.05) is 48.0 Å². The molecule has 3 aromatic carbocycles. The number of hydrogen-bond donors (Lipinski definition) is 0. The molecule has 0 spiro atoms. The third kappa shape index (κ3) is 4.31. The number of rotatable bonds is 4. The molecule has 150 valence electrons. The first kappa shape index (κ1) is 20.0. The predicted molar refractivity (Wildman–Crippen MR) is 125 cm³/mol. The molecule has 30 heavy (non-hydrogen) atoms. The van der Waals surface area contributed by atoms with E-state index in [1.165, 1.54) is 17.3 Å². The second-order valence-corrected chi connectivity index (χ2v) is 8.07. The summed E-state index contributed by atoms with van der Waals surface area (Å²) in [4.78, 5) is 19.6. The van der Waals surface area contributed by atoms with Crippen LogP contribution in [0.4, 0.5) is 5.69 Å². The number of thioether (sulfide) groups is 1. The van der Waals surface area contributed by atoms with E-state index in [-0.39, 0.29) is 5.91 Å². The highest BCUT2D eigenvalue weighted by molar-refractivity contribution is 8.18. The summed E-state index contributed by atoms with van der Waals surface area (Å²) in [5.41, 5.74) is 5.12. The van der Waals surface area contributed by atoms with Crippen LogP contribution >= 0.6 is 11.8 Å². The van der Waals surface area contributed by atoms with Crippen molar-refractivity contribution in [3.05, 3.63) is 88.8 Å². The van der Waals surface area contributed by atoms with Crippen molar-refractivity contribution in [2.45, 2.75) is 6.92 Å². The van der Waals surface area contributed by atoms with Crippen LogP contribution in [0.25, 0.3) is 17.2 Å². The Labute approximate surface area is 180 Å². The Kier molecular flexibility index (Phi) is 5.72. The van der Waals surface area contributed by atoms with Crippen LogP contribution < -0.4 is 4.74 Å². The Balaban J connectivity index is 1.61. The summed E-state index contributed by atoms with van der Waals surface area (Å²) in [6.07, 6.45) is 1.92. The molecule has 1 saturated heterocycles. The van der Waals surface area contributed by atoms with Gasteiger partial charge in [0.05, 0.1) is 17.7 Å². The monoisotopic (exact) mass is 414 g/mol. The van der Waals surface area contributed by atoms with Crippen LogP contribution in [-0.4, -0.2) is 30.1 Å². The Bertz CT molecular complexity index is 1150. The summed E-state index contributed by atoms with van der Waals surface area (Å²) in [6, 6.07) is 24.0. The third-order valence-electron chi connectivity index (χ3n) is 4.85. The first-order valence-electron chi connectivity index (χ1n) is 9.61. The van der Waals surface area contributed by atoms with Gasteiger partial charge in [0.25, 0.3) is 5.91 Å². The van der Waals surface area contributed by atoms with E-state index in [9.17, 15) is 4.79 Å². The molecule has 5 heteroatoms. The van der Waals surface area contributed by atoms with Gasteiger partial charge in [-0.15, -0.1) is 0 Å². The molecule has 0 aromatic heterocycles. The lowest BCUT2D eigenvalue weighted by molar-refractivity contribution is -0.121. The van der Waals surface area contributed by atoms with E-state index in [0.29, 0.717) is 10.1 Å². The molecular formula is C25H22N2O2S. The van der Waals surface area contributed by atoms with Crippen molar-refractivity contribution in [2.24, 2.45) is 4.99 Å². The minimum Gasteiger partial charge on any atom is -0.497 e. The predicted octanol–water partition coefficient (Wildman–Crippen LogP) is 5.90. The van der Waals surface area contributed by atoms with Gasteiger partial charge in [0.2, 0.25) is 0 Å². The van der Waals surface area contributed by atoms with Crippen LogP contribution in [0.2, 0.25) is 0 Å². The zero-order valence-electron chi connectivity index (χ0n) is 17.1. The van der Waals surface area contributed by atoms with Crippen LogP contribution in [0.15, 0.2) is 82.7 Å². The molecule has 1 aliphatic heterocycles. The molecule has 4 rings (SSSR count). The van der Waals surface area contributed by atoms with Crippen LogP contribution in [0.3, 0.4) is 0 Å². The number of methoxy groups -OCH3 is 1. The third-order valence-corrected chi connectivity index (χ3v) is 5.91. The van der Waals surface area contributed by atoms with Crippen molar-refractivity contribution in [1.29, 1.82) is 0 Å². The highest BCUT2D eigenvalue weighted by Crippen LogP contribution is 2.34. The number of nitrogens with zero attached hydrogens (tertiary/aromatic N) is 2. The van der Waals surface area contributed by atoms with Gasteiger partial charge in [0.1, 0.15) is 5.75 Å². The average molecular weight is 415 g/mol. The summed E-state index contributed by atoms with van der Waals surface area (Å²) in [5.74, 6) is 0.772. The van der Waals surface area contributed by atoms with Gasteiger partial charge >= 0.3 is 0 Å². The standard InChI is InChI=1S/C25H22N2O2S/c1-17-10-12-21(13-11-17)26-25-27(2)24(28)23(30-25)15-18-6-4-7-19(14-18)20-8-5-9-22(16-20)29-3/h4-16H,1-3H3/b23-15-,26-25?. The number of aliphatic imine (C=N–C) groups is 1. The minimum absolute atomic E-state index is 0.0438. The van der Waals surface area contributed by atoms with Gasteiger partial charge in [-0.3, -0.25) is 9.69 Å². The fourth-order valence-corrected chi connectivity index (χ4v) is 4.13. The number of benzene rings is 3. The molecule has 1 aliphatic rings. The topological polar surface area (TPSA) is 41.9 Å². The summed E-state index contributed by atoms with van der Waals surface area (Å²) in [6.45, 7) is 2.04. The maximum Gasteiger partial charge on any atom is 0.266 e. The van der Waals surface area contributed by atoms with Crippen molar-refractivity contribution in [3.8, 4) is 16.9 Å². The van der Waals surface area contributed by atoms with Crippen LogP contribution in [-0.2, 0) is 4.79 Å². The number of hydrogen-bond acceptors (Lipinski definition) is 4. The molecule has 1 fully saturated rings. The maximum absolute atomic E-state index is 12.7. The first-order chi connectivity index (χ1) is 14.5. The summed E-state index contributed by atoms with van der Waals surface area (Å²) in [7, 11) is 3.42. The fourth-order valence-electron chi connectivity index (χ4n) is 3.14. The number of aryl methyl sites for hydroxylation is 1. The highest BCUT2D eigenvalue weighted by Gasteiger charge is 2.30. The first-order valence-corrected chi connectivity index (χ1v) is 10.4. The largest absolute Gasteiger partial charge is 0.497 e. The average Bonchev–Trinajstić information content (AvgIpc) is 3.03. The second kappa shape index (κ2) is 8.59. The van der Waals surface area contributed by atoms with Crippen molar-refractivity contribution in [3.63, 3.8) is 0 Å². The van der Waals surface area contributed by atoms with E-state index in [1.807, 2.05) is 73.7 Å².